The van der Waals surface area contributed by atoms with E-state index in [1.807, 2.05) is 32.3 Å². The predicted octanol–water partition coefficient (Wildman–Crippen LogP) is 5.36. The van der Waals surface area contributed by atoms with E-state index in [9.17, 15) is 4.79 Å². The van der Waals surface area contributed by atoms with Gasteiger partial charge in [0, 0.05) is 29.6 Å². The number of anilines is 1. The molecule has 36 heavy (non-hydrogen) atoms. The highest BCUT2D eigenvalue weighted by atomic mass is 35.5. The summed E-state index contributed by atoms with van der Waals surface area (Å²) in [6.07, 6.45) is 11.6. The second-order valence-corrected chi connectivity index (χ2v) is 9.15. The number of carbonyl (C=O) groups is 1. The zero-order valence-corrected chi connectivity index (χ0v) is 21.8. The van der Waals surface area contributed by atoms with E-state index >= 15 is 0 Å². The topological polar surface area (TPSA) is 107 Å². The first kappa shape index (κ1) is 25.4. The molecule has 4 rings (SSSR count). The number of ether oxygens (including phenoxy) is 1. The first-order valence-electron chi connectivity index (χ1n) is 11.3. The quantitative estimate of drug-likeness (QED) is 0.281. The van der Waals surface area contributed by atoms with Crippen molar-refractivity contribution in [2.75, 3.05) is 18.5 Å². The maximum absolute atomic E-state index is 13.3. The number of aromatic nitrogens is 3. The van der Waals surface area contributed by atoms with Gasteiger partial charge >= 0.3 is 0 Å². The molecular formula is C26H27ClN6O2S. The number of nitrogen functional groups attached to an aromatic ring is 1. The molecule has 1 aromatic carbocycles. The summed E-state index contributed by atoms with van der Waals surface area (Å²) in [6, 6.07) is 8.87. The van der Waals surface area contributed by atoms with Gasteiger partial charge in [-0.05, 0) is 55.7 Å². The fourth-order valence-corrected chi connectivity index (χ4v) is 4.33. The van der Waals surface area contributed by atoms with Crippen LogP contribution in [0.3, 0.4) is 0 Å². The van der Waals surface area contributed by atoms with Crippen LogP contribution in [-0.2, 0) is 0 Å². The number of aryl methyl sites for hydroxylation is 1. The van der Waals surface area contributed by atoms with Crippen molar-refractivity contribution < 1.29 is 9.53 Å². The van der Waals surface area contributed by atoms with Gasteiger partial charge in [-0.2, -0.15) is 5.10 Å². The zero-order valence-electron chi connectivity index (χ0n) is 20.2. The lowest BCUT2D eigenvalue weighted by atomic mass is 10.1. The van der Waals surface area contributed by atoms with Crippen LogP contribution in [0.1, 0.15) is 29.3 Å². The van der Waals surface area contributed by atoms with Crippen LogP contribution in [0.2, 0.25) is 5.02 Å². The standard InChI is InChI=1S/C26H27ClN6O2S/c1-16-6-4-9-22(29-11-10-21(16)32-36-3)25(34)20-14-31-33(26(20)28)23-15-30-24(12-17(23)2)35-19-8-5-7-18(27)13-19/h5-10,12-15,29,32H,4,11,28H2,1-3H3/b16-6?,21-10?,22-9-. The lowest BCUT2D eigenvalue weighted by molar-refractivity contribution is 0.102. The predicted molar refractivity (Wildman–Crippen MR) is 146 cm³/mol. The molecule has 8 nitrogen and oxygen atoms in total. The molecule has 0 fully saturated rings. The average Bonchev–Trinajstić information content (AvgIpc) is 3.25. The fourth-order valence-electron chi connectivity index (χ4n) is 3.69. The Balaban J connectivity index is 1.55. The molecule has 1 aliphatic rings. The lowest BCUT2D eigenvalue weighted by Gasteiger charge is -2.11. The number of ketones is 1. The first-order valence-corrected chi connectivity index (χ1v) is 12.9. The molecule has 0 spiro atoms. The van der Waals surface area contributed by atoms with Crippen LogP contribution < -0.4 is 20.5 Å². The van der Waals surface area contributed by atoms with Gasteiger partial charge in [0.25, 0.3) is 0 Å². The number of Topliss-reactive ketones (excluding diaryl/α,β-unsaturated/α-hetero) is 1. The third-order valence-corrected chi connectivity index (χ3v) is 6.24. The Morgan fingerprint density at radius 2 is 2.06 bits per heavy atom. The summed E-state index contributed by atoms with van der Waals surface area (Å²) >= 11 is 7.56. The molecule has 0 radical (unpaired) electrons. The fraction of sp³-hybridized carbons (Fsp3) is 0.192. The van der Waals surface area contributed by atoms with E-state index in [4.69, 9.17) is 22.1 Å². The van der Waals surface area contributed by atoms with E-state index in [0.29, 0.717) is 46.6 Å². The molecular weight excluding hydrogens is 496 g/mol. The van der Waals surface area contributed by atoms with Crippen molar-refractivity contribution >= 4 is 35.1 Å². The Morgan fingerprint density at radius 3 is 2.81 bits per heavy atom. The Morgan fingerprint density at radius 1 is 1.22 bits per heavy atom. The molecule has 0 saturated carbocycles. The van der Waals surface area contributed by atoms with Gasteiger partial charge in [0.2, 0.25) is 11.7 Å². The smallest absolute Gasteiger partial charge is 0.219 e. The number of pyridine rings is 1. The summed E-state index contributed by atoms with van der Waals surface area (Å²) in [4.78, 5) is 17.7. The van der Waals surface area contributed by atoms with Crippen molar-refractivity contribution in [2.45, 2.75) is 20.3 Å². The number of halogens is 1. The third kappa shape index (κ3) is 5.75. The number of nitrogens with two attached hydrogens (primary N) is 1. The van der Waals surface area contributed by atoms with Gasteiger partial charge in [-0.15, -0.1) is 0 Å². The Labute approximate surface area is 219 Å². The average molecular weight is 523 g/mol. The van der Waals surface area contributed by atoms with Crippen LogP contribution in [-0.4, -0.2) is 33.3 Å². The van der Waals surface area contributed by atoms with E-state index in [-0.39, 0.29) is 11.6 Å². The van der Waals surface area contributed by atoms with E-state index in [1.54, 1.807) is 36.5 Å². The van der Waals surface area contributed by atoms with E-state index < -0.39 is 0 Å². The Kier molecular flexibility index (Phi) is 8.02. The van der Waals surface area contributed by atoms with Gasteiger partial charge in [0.15, 0.2) is 0 Å². The van der Waals surface area contributed by atoms with Gasteiger partial charge in [-0.1, -0.05) is 41.8 Å². The summed E-state index contributed by atoms with van der Waals surface area (Å²) in [5.74, 6) is 1.02. The van der Waals surface area contributed by atoms with Gasteiger partial charge in [0.1, 0.15) is 11.6 Å². The van der Waals surface area contributed by atoms with Crippen LogP contribution in [0.15, 0.2) is 77.9 Å². The van der Waals surface area contributed by atoms with Crippen LogP contribution in [0.5, 0.6) is 11.6 Å². The minimum atomic E-state index is -0.217. The van der Waals surface area contributed by atoms with Gasteiger partial charge in [-0.3, -0.25) is 4.79 Å². The molecule has 1 aliphatic heterocycles. The number of benzene rings is 1. The molecule has 0 saturated heterocycles. The molecule has 0 aliphatic carbocycles. The first-order chi connectivity index (χ1) is 17.4. The summed E-state index contributed by atoms with van der Waals surface area (Å²) in [7, 11) is 0. The highest BCUT2D eigenvalue weighted by Crippen LogP contribution is 2.27. The van der Waals surface area contributed by atoms with Gasteiger partial charge < -0.3 is 20.5 Å². The molecule has 10 heteroatoms. The minimum absolute atomic E-state index is 0.217. The van der Waals surface area contributed by atoms with E-state index in [1.165, 1.54) is 22.8 Å². The van der Waals surface area contributed by atoms with Crippen molar-refractivity contribution in [3.05, 3.63) is 94.1 Å². The van der Waals surface area contributed by atoms with Gasteiger partial charge in [0.05, 0.1) is 29.3 Å². The number of hydrogen-bond donors (Lipinski definition) is 3. The molecule has 4 N–H and O–H groups in total. The summed E-state index contributed by atoms with van der Waals surface area (Å²) in [6.45, 7) is 4.43. The number of carbonyl (C=O) groups excluding carboxylic acids is 1. The van der Waals surface area contributed by atoms with Crippen molar-refractivity contribution in [3.63, 3.8) is 0 Å². The maximum Gasteiger partial charge on any atom is 0.219 e. The second kappa shape index (κ2) is 11.4. The molecule has 2 aromatic heterocycles. The van der Waals surface area contributed by atoms with Crippen molar-refractivity contribution in [1.82, 2.24) is 24.8 Å². The van der Waals surface area contributed by atoms with Crippen LogP contribution in [0, 0.1) is 6.92 Å². The third-order valence-electron chi connectivity index (χ3n) is 5.58. The lowest BCUT2D eigenvalue weighted by Crippen LogP contribution is -2.22. The molecule has 3 aromatic rings. The molecule has 186 valence electrons. The SMILES string of the molecule is CSNC1=CCN/C(C(=O)c2cnn(-c3cnc(Oc4cccc(Cl)c4)cc3C)c2N)=C\CC=C1C. The normalized spacial score (nSPS) is 15.3. The maximum atomic E-state index is 13.3. The minimum Gasteiger partial charge on any atom is -0.439 e. The van der Waals surface area contributed by atoms with Crippen LogP contribution >= 0.6 is 23.5 Å². The number of nitrogens with zero attached hydrogens (tertiary/aromatic N) is 3. The molecule has 0 amide bonds. The largest absolute Gasteiger partial charge is 0.439 e. The van der Waals surface area contributed by atoms with Crippen molar-refractivity contribution in [2.24, 2.45) is 0 Å². The monoisotopic (exact) mass is 522 g/mol. The molecule has 0 unspecified atom stereocenters. The Bertz CT molecular complexity index is 1380. The second-order valence-electron chi connectivity index (χ2n) is 8.10. The summed E-state index contributed by atoms with van der Waals surface area (Å²) in [5.41, 5.74) is 10.8. The number of hydrogen-bond acceptors (Lipinski definition) is 8. The highest BCUT2D eigenvalue weighted by molar-refractivity contribution is 7.96. The van der Waals surface area contributed by atoms with Crippen LogP contribution in [0.25, 0.3) is 5.69 Å². The number of nitrogens with one attached hydrogen (secondary N) is 2. The molecule has 0 atom stereocenters. The van der Waals surface area contributed by atoms with E-state index in [0.717, 1.165) is 16.8 Å². The van der Waals surface area contributed by atoms with Crippen molar-refractivity contribution in [3.8, 4) is 17.3 Å². The number of rotatable bonds is 7. The number of allylic oxidation sites excluding steroid dienone is 4. The molecule has 0 bridgehead atoms. The summed E-state index contributed by atoms with van der Waals surface area (Å²) in [5, 5.41) is 8.17. The molecule has 3 heterocycles. The van der Waals surface area contributed by atoms with Crippen molar-refractivity contribution in [1.29, 1.82) is 0 Å². The van der Waals surface area contributed by atoms with Gasteiger partial charge in [-0.25, -0.2) is 9.67 Å². The summed E-state index contributed by atoms with van der Waals surface area (Å²) < 4.78 is 10.6. The van der Waals surface area contributed by atoms with Crippen LogP contribution in [0.4, 0.5) is 5.82 Å². The van der Waals surface area contributed by atoms with E-state index in [2.05, 4.69) is 26.2 Å². The highest BCUT2D eigenvalue weighted by Gasteiger charge is 2.21. The Hall–Kier alpha value is -3.69. The zero-order chi connectivity index (χ0) is 25.7.